The van der Waals surface area contributed by atoms with Gasteiger partial charge in [0.2, 0.25) is 5.95 Å². The van der Waals surface area contributed by atoms with Crippen LogP contribution in [0.3, 0.4) is 0 Å². The molecule has 100 valence electrons. The molecule has 1 unspecified atom stereocenters. The summed E-state index contributed by atoms with van der Waals surface area (Å²) in [5.74, 6) is 1.90. The minimum absolute atomic E-state index is 0.440. The third-order valence-corrected chi connectivity index (χ3v) is 3.33. The first-order valence-corrected chi connectivity index (χ1v) is 6.82. The van der Waals surface area contributed by atoms with Crippen LogP contribution in [0.5, 0.6) is 0 Å². The van der Waals surface area contributed by atoms with Crippen LogP contribution < -0.4 is 5.32 Å². The predicted molar refractivity (Wildman–Crippen MR) is 72.9 cm³/mol. The molecular weight excluding hydrogens is 226 g/mol. The second-order valence-electron chi connectivity index (χ2n) is 5.36. The highest BCUT2D eigenvalue weighted by molar-refractivity contribution is 5.28. The van der Waals surface area contributed by atoms with Crippen LogP contribution in [0.4, 0.5) is 5.95 Å². The minimum atomic E-state index is 0.440. The van der Waals surface area contributed by atoms with Gasteiger partial charge in [0.15, 0.2) is 0 Å². The van der Waals surface area contributed by atoms with Crippen molar-refractivity contribution < 1.29 is 4.74 Å². The number of nitrogens with one attached hydrogen (secondary N) is 1. The number of ether oxygens (including phenoxy) is 1. The van der Waals surface area contributed by atoms with Crippen LogP contribution in [0.15, 0.2) is 6.07 Å². The smallest absolute Gasteiger partial charge is 0.223 e. The molecule has 4 heteroatoms. The van der Waals surface area contributed by atoms with E-state index in [2.05, 4.69) is 35.2 Å². The van der Waals surface area contributed by atoms with E-state index in [1.54, 1.807) is 0 Å². The zero-order chi connectivity index (χ0) is 13.0. The van der Waals surface area contributed by atoms with Crippen LogP contribution >= 0.6 is 0 Å². The van der Waals surface area contributed by atoms with Gasteiger partial charge in [-0.2, -0.15) is 0 Å². The van der Waals surface area contributed by atoms with Crippen molar-refractivity contribution in [2.24, 2.45) is 5.92 Å². The molecule has 0 amide bonds. The first-order chi connectivity index (χ1) is 8.65. The van der Waals surface area contributed by atoms with E-state index in [1.807, 2.05) is 6.92 Å². The first-order valence-electron chi connectivity index (χ1n) is 6.82. The molecule has 1 atom stereocenters. The molecule has 1 N–H and O–H groups in total. The summed E-state index contributed by atoms with van der Waals surface area (Å²) in [5, 5.41) is 3.33. The molecule has 0 aliphatic carbocycles. The lowest BCUT2D eigenvalue weighted by Gasteiger charge is -2.11. The van der Waals surface area contributed by atoms with Gasteiger partial charge >= 0.3 is 0 Å². The number of rotatable bonds is 5. The van der Waals surface area contributed by atoms with Crippen LogP contribution in [0, 0.1) is 12.8 Å². The van der Waals surface area contributed by atoms with Crippen LogP contribution in [0.2, 0.25) is 0 Å². The molecule has 1 aromatic rings. The van der Waals surface area contributed by atoms with Crippen LogP contribution in [-0.4, -0.2) is 29.7 Å². The number of hydrogen-bond acceptors (Lipinski definition) is 4. The molecule has 1 fully saturated rings. The largest absolute Gasteiger partial charge is 0.381 e. The molecule has 1 aromatic heterocycles. The van der Waals surface area contributed by atoms with E-state index in [-0.39, 0.29) is 0 Å². The van der Waals surface area contributed by atoms with E-state index in [0.717, 1.165) is 43.5 Å². The summed E-state index contributed by atoms with van der Waals surface area (Å²) in [6, 6.07) is 2.06. The number of hydrogen-bond donors (Lipinski definition) is 1. The van der Waals surface area contributed by atoms with Gasteiger partial charge in [0, 0.05) is 31.1 Å². The molecule has 0 bridgehead atoms. The zero-order valence-corrected chi connectivity index (χ0v) is 11.6. The van der Waals surface area contributed by atoms with Crippen LogP contribution in [0.25, 0.3) is 0 Å². The Bertz CT molecular complexity index is 387. The molecule has 1 aliphatic heterocycles. The van der Waals surface area contributed by atoms with Crippen molar-refractivity contribution >= 4 is 5.95 Å². The quantitative estimate of drug-likeness (QED) is 0.871. The zero-order valence-electron chi connectivity index (χ0n) is 11.6. The molecule has 1 aliphatic rings. The van der Waals surface area contributed by atoms with Crippen molar-refractivity contribution in [2.75, 3.05) is 25.1 Å². The first kappa shape index (κ1) is 13.3. The third-order valence-electron chi connectivity index (χ3n) is 3.33. The highest BCUT2D eigenvalue weighted by Gasteiger charge is 2.15. The Morgan fingerprint density at radius 2 is 2.28 bits per heavy atom. The lowest BCUT2D eigenvalue weighted by Crippen LogP contribution is -2.12. The highest BCUT2D eigenvalue weighted by Crippen LogP contribution is 2.17. The van der Waals surface area contributed by atoms with Gasteiger partial charge < -0.3 is 10.1 Å². The Kier molecular flexibility index (Phi) is 4.53. The average Bonchev–Trinajstić information content (AvgIpc) is 2.81. The molecule has 0 spiro atoms. The maximum absolute atomic E-state index is 5.37. The summed E-state index contributed by atoms with van der Waals surface area (Å²) < 4.78 is 5.37. The third kappa shape index (κ3) is 3.67. The van der Waals surface area contributed by atoms with Gasteiger partial charge in [0.1, 0.15) is 0 Å². The highest BCUT2D eigenvalue weighted by atomic mass is 16.5. The summed E-state index contributed by atoms with van der Waals surface area (Å²) in [6.07, 6.45) is 2.32. The molecule has 2 rings (SSSR count). The molecule has 0 aromatic carbocycles. The fourth-order valence-corrected chi connectivity index (χ4v) is 2.17. The van der Waals surface area contributed by atoms with E-state index >= 15 is 0 Å². The molecule has 18 heavy (non-hydrogen) atoms. The van der Waals surface area contributed by atoms with Crippen LogP contribution in [-0.2, 0) is 4.74 Å². The second kappa shape index (κ2) is 6.14. The van der Waals surface area contributed by atoms with Gasteiger partial charge in [-0.05, 0) is 37.7 Å². The van der Waals surface area contributed by atoms with Gasteiger partial charge in [-0.25, -0.2) is 9.97 Å². The molecule has 0 saturated carbocycles. The van der Waals surface area contributed by atoms with Crippen molar-refractivity contribution in [1.82, 2.24) is 9.97 Å². The van der Waals surface area contributed by atoms with E-state index in [1.165, 1.54) is 6.42 Å². The van der Waals surface area contributed by atoms with Crippen LogP contribution in [0.1, 0.15) is 44.0 Å². The van der Waals surface area contributed by atoms with Crippen molar-refractivity contribution in [2.45, 2.75) is 39.5 Å². The standard InChI is InChI=1S/C14H23N3O/c1-10(2)13-8-11(3)16-14(17-13)15-6-4-12-5-7-18-9-12/h8,10,12H,4-7,9H2,1-3H3,(H,15,16,17). The van der Waals surface area contributed by atoms with Gasteiger partial charge in [0.25, 0.3) is 0 Å². The minimum Gasteiger partial charge on any atom is -0.381 e. The van der Waals surface area contributed by atoms with Crippen molar-refractivity contribution in [3.8, 4) is 0 Å². The maximum atomic E-state index is 5.37. The Balaban J connectivity index is 1.88. The summed E-state index contributed by atoms with van der Waals surface area (Å²) in [7, 11) is 0. The average molecular weight is 249 g/mol. The second-order valence-corrected chi connectivity index (χ2v) is 5.36. The number of anilines is 1. The van der Waals surface area contributed by atoms with Gasteiger partial charge in [-0.3, -0.25) is 0 Å². The monoisotopic (exact) mass is 249 g/mol. The molecule has 2 heterocycles. The summed E-state index contributed by atoms with van der Waals surface area (Å²) >= 11 is 0. The number of nitrogens with zero attached hydrogens (tertiary/aromatic N) is 2. The van der Waals surface area contributed by atoms with E-state index in [4.69, 9.17) is 4.74 Å². The summed E-state index contributed by atoms with van der Waals surface area (Å²) in [4.78, 5) is 8.97. The van der Waals surface area contributed by atoms with E-state index < -0.39 is 0 Å². The van der Waals surface area contributed by atoms with Crippen molar-refractivity contribution in [1.29, 1.82) is 0 Å². The Hall–Kier alpha value is -1.16. The number of aryl methyl sites for hydroxylation is 1. The van der Waals surface area contributed by atoms with Gasteiger partial charge in [-0.1, -0.05) is 13.8 Å². The van der Waals surface area contributed by atoms with Crippen molar-refractivity contribution in [3.05, 3.63) is 17.5 Å². The van der Waals surface area contributed by atoms with E-state index in [9.17, 15) is 0 Å². The maximum Gasteiger partial charge on any atom is 0.223 e. The summed E-state index contributed by atoms with van der Waals surface area (Å²) in [6.45, 7) is 9.08. The summed E-state index contributed by atoms with van der Waals surface area (Å²) in [5.41, 5.74) is 2.13. The van der Waals surface area contributed by atoms with E-state index in [0.29, 0.717) is 11.8 Å². The van der Waals surface area contributed by atoms with Crippen molar-refractivity contribution in [3.63, 3.8) is 0 Å². The SMILES string of the molecule is Cc1cc(C(C)C)nc(NCCC2CCOC2)n1. The Morgan fingerprint density at radius 1 is 1.44 bits per heavy atom. The lowest BCUT2D eigenvalue weighted by atomic mass is 10.1. The predicted octanol–water partition coefficient (Wildman–Crippen LogP) is 2.75. The fourth-order valence-electron chi connectivity index (χ4n) is 2.17. The normalized spacial score (nSPS) is 19.4. The lowest BCUT2D eigenvalue weighted by molar-refractivity contribution is 0.185. The topological polar surface area (TPSA) is 47.0 Å². The Labute approximate surface area is 109 Å². The van der Waals surface area contributed by atoms with Gasteiger partial charge in [-0.15, -0.1) is 0 Å². The van der Waals surface area contributed by atoms with Gasteiger partial charge in [0.05, 0.1) is 0 Å². The molecule has 4 nitrogen and oxygen atoms in total. The molecule has 1 saturated heterocycles. The molecule has 0 radical (unpaired) electrons. The Morgan fingerprint density at radius 3 is 2.94 bits per heavy atom. The fraction of sp³-hybridized carbons (Fsp3) is 0.714. The number of aromatic nitrogens is 2. The molecular formula is C14H23N3O.